The van der Waals surface area contributed by atoms with Crippen molar-refractivity contribution in [1.82, 2.24) is 43.3 Å². The lowest BCUT2D eigenvalue weighted by molar-refractivity contribution is -0.119. The van der Waals surface area contributed by atoms with Gasteiger partial charge in [0.1, 0.15) is 23.2 Å². The van der Waals surface area contributed by atoms with E-state index in [0.29, 0.717) is 64.7 Å². The van der Waals surface area contributed by atoms with Gasteiger partial charge in [-0.1, -0.05) is 40.1 Å². The first-order valence-corrected chi connectivity index (χ1v) is 27.0. The molecule has 4 aromatic heterocycles. The van der Waals surface area contributed by atoms with Crippen LogP contribution in [0.15, 0.2) is 69.7 Å². The number of anilines is 1. The highest BCUT2D eigenvalue weighted by Gasteiger charge is 2.40. The second-order valence-corrected chi connectivity index (χ2v) is 22.9. The van der Waals surface area contributed by atoms with Gasteiger partial charge in [0.2, 0.25) is 31.9 Å². The second kappa shape index (κ2) is 17.6. The Labute approximate surface area is 400 Å². The molecule has 0 spiro atoms. The van der Waals surface area contributed by atoms with Gasteiger partial charge in [-0.05, 0) is 108 Å². The van der Waals surface area contributed by atoms with Crippen molar-refractivity contribution in [3.63, 3.8) is 0 Å². The molecule has 4 aliphatic heterocycles. The van der Waals surface area contributed by atoms with Crippen LogP contribution in [0.4, 0.5) is 5.69 Å². The van der Waals surface area contributed by atoms with E-state index < -0.39 is 20.0 Å². The molecule has 4 aliphatic rings. The molecule has 0 unspecified atom stereocenters. The Kier molecular flexibility index (Phi) is 11.9. The Morgan fingerprint density at radius 3 is 1.58 bits per heavy atom. The predicted octanol–water partition coefficient (Wildman–Crippen LogP) is 7.16. The van der Waals surface area contributed by atoms with Gasteiger partial charge in [-0.2, -0.15) is 0 Å². The average molecular weight is 977 g/mol. The molecule has 0 bridgehead atoms. The first kappa shape index (κ1) is 46.5. The largest absolute Gasteiger partial charge is 0.361 e. The number of aromatic nitrogens is 6. The fourth-order valence-corrected chi connectivity index (χ4v) is 12.6. The van der Waals surface area contributed by atoms with Gasteiger partial charge < -0.3 is 28.4 Å². The van der Waals surface area contributed by atoms with Crippen LogP contribution in [0.5, 0.6) is 0 Å². The molecule has 0 radical (unpaired) electrons. The van der Waals surface area contributed by atoms with E-state index in [-0.39, 0.29) is 36.0 Å². The summed E-state index contributed by atoms with van der Waals surface area (Å²) in [6, 6.07) is 19.6. The highest BCUT2D eigenvalue weighted by atomic mass is 32.2. The van der Waals surface area contributed by atoms with Crippen LogP contribution in [0.2, 0.25) is 0 Å². The molecule has 0 aliphatic carbocycles. The van der Waals surface area contributed by atoms with Crippen LogP contribution in [-0.2, 0) is 29.6 Å². The Hall–Kier alpha value is -6.22. The zero-order chi connectivity index (χ0) is 48.7. The number of amides is 2. The normalized spacial score (nSPS) is 21.5. The molecule has 18 nitrogen and oxygen atoms in total. The molecule has 8 heterocycles. The van der Waals surface area contributed by atoms with Crippen molar-refractivity contribution >= 4 is 59.6 Å². The van der Waals surface area contributed by atoms with Gasteiger partial charge in [-0.3, -0.25) is 9.59 Å². The summed E-state index contributed by atoms with van der Waals surface area (Å²) in [6.45, 7) is 11.4. The Balaban J connectivity index is 0.000000164. The third-order valence-corrected chi connectivity index (χ3v) is 16.7. The van der Waals surface area contributed by atoms with Crippen LogP contribution in [0, 0.1) is 34.6 Å². The van der Waals surface area contributed by atoms with Gasteiger partial charge in [-0.15, -0.1) is 0 Å². The summed E-state index contributed by atoms with van der Waals surface area (Å²) in [5, 5.41) is 11.2. The van der Waals surface area contributed by atoms with Crippen LogP contribution in [0.1, 0.15) is 103 Å². The number of imidazole rings is 2. The zero-order valence-electron chi connectivity index (χ0n) is 39.8. The van der Waals surface area contributed by atoms with Crippen molar-refractivity contribution in [2.24, 2.45) is 0 Å². The Morgan fingerprint density at radius 1 is 0.623 bits per heavy atom. The number of benzene rings is 3. The van der Waals surface area contributed by atoms with E-state index in [4.69, 9.17) is 19.0 Å². The molecule has 69 heavy (non-hydrogen) atoms. The van der Waals surface area contributed by atoms with Crippen LogP contribution < -0.4 is 10.2 Å². The van der Waals surface area contributed by atoms with Crippen molar-refractivity contribution in [1.29, 1.82) is 0 Å². The van der Waals surface area contributed by atoms with E-state index >= 15 is 0 Å². The minimum atomic E-state index is -3.31. The summed E-state index contributed by atoms with van der Waals surface area (Å²) in [5.41, 5.74) is 10.9. The van der Waals surface area contributed by atoms with Gasteiger partial charge in [-0.25, -0.2) is 35.4 Å². The summed E-state index contributed by atoms with van der Waals surface area (Å²) in [7, 11) is -6.56. The van der Waals surface area contributed by atoms with Crippen LogP contribution in [0.3, 0.4) is 0 Å². The van der Waals surface area contributed by atoms with Crippen molar-refractivity contribution in [3.8, 4) is 22.3 Å². The number of carbonyl (C=O) groups excluding carboxylic acids is 2. The highest BCUT2D eigenvalue weighted by Crippen LogP contribution is 2.42. The monoisotopic (exact) mass is 976 g/mol. The number of sulfonamides is 2. The van der Waals surface area contributed by atoms with Gasteiger partial charge in [0, 0.05) is 55.8 Å². The van der Waals surface area contributed by atoms with Crippen LogP contribution >= 0.6 is 0 Å². The first-order chi connectivity index (χ1) is 32.8. The number of nitrogens with one attached hydrogen (secondary N) is 1. The molecule has 11 rings (SSSR count). The maximum absolute atomic E-state index is 13.1. The standard InChI is InChI=1S/C28H31N5O4S.C21H25N5O4S/c1-17-5-8-21(9-6-17)32-25(11-12-26(32)34)28-29-23-15-20(27-18(2)30-37-19(27)3)7-10-24(23)33(28)22-13-14-31(16-22)38(4,35)36;1-12-20(13(2)30-24-12)14-4-6-18-17(10-14)23-21(16-5-7-19(27)22-16)26(18)15-8-9-25(11-15)31(3,28)29/h5-10,15,22,25H,11-14,16H2,1-4H3;4,6,10,15-16H,5,7-9,11H2,1-3H3,(H,22,27)/t22-,25+;15-,16+/m11/s1. The quantitative estimate of drug-likeness (QED) is 0.153. The summed E-state index contributed by atoms with van der Waals surface area (Å²) in [4.78, 5) is 36.9. The van der Waals surface area contributed by atoms with Crippen molar-refractivity contribution in [2.75, 3.05) is 43.6 Å². The fourth-order valence-electron chi connectivity index (χ4n) is 10.8. The molecule has 4 atom stereocenters. The lowest BCUT2D eigenvalue weighted by Gasteiger charge is -2.27. The van der Waals surface area contributed by atoms with E-state index in [2.05, 4.69) is 24.8 Å². The summed E-state index contributed by atoms with van der Waals surface area (Å²) in [5.74, 6) is 3.16. The lowest BCUT2D eigenvalue weighted by atomic mass is 10.0. The molecule has 2 amide bonds. The predicted molar refractivity (Wildman–Crippen MR) is 260 cm³/mol. The molecular formula is C49H56N10O8S2. The molecule has 20 heteroatoms. The van der Waals surface area contributed by atoms with E-state index in [1.165, 1.54) is 21.1 Å². The summed E-state index contributed by atoms with van der Waals surface area (Å²) >= 11 is 0. The van der Waals surface area contributed by atoms with E-state index in [0.717, 1.165) is 90.1 Å². The Bertz CT molecular complexity index is 3350. The molecule has 4 fully saturated rings. The third kappa shape index (κ3) is 8.65. The Morgan fingerprint density at radius 2 is 1.13 bits per heavy atom. The number of hydrogen-bond donors (Lipinski definition) is 1. The first-order valence-electron chi connectivity index (χ1n) is 23.3. The van der Waals surface area contributed by atoms with E-state index in [1.54, 1.807) is 0 Å². The molecule has 7 aromatic rings. The number of carbonyl (C=O) groups is 2. The van der Waals surface area contributed by atoms with Gasteiger partial charge in [0.25, 0.3) is 0 Å². The molecular weight excluding hydrogens is 921 g/mol. The number of nitrogens with zero attached hydrogens (tertiary/aromatic N) is 9. The number of rotatable bonds is 9. The highest BCUT2D eigenvalue weighted by molar-refractivity contribution is 7.88. The maximum Gasteiger partial charge on any atom is 0.227 e. The molecule has 3 aromatic carbocycles. The SMILES string of the molecule is Cc1ccc(N2C(=O)CC[C@H]2c2nc3cc(-c4c(C)noc4C)ccc3n2[C@@H]2CCN(S(C)(=O)=O)C2)cc1.Cc1noc(C)c1-c1ccc2c(c1)nc([C@@H]1CCC(=O)N1)n2[C@@H]1CCN(S(C)(=O)=O)C1. The number of hydrogen-bond acceptors (Lipinski definition) is 12. The fraction of sp³-hybridized carbons (Fsp3) is 0.429. The number of aryl methyl sites for hydroxylation is 5. The topological polar surface area (TPSA) is 212 Å². The minimum absolute atomic E-state index is 0.0178. The third-order valence-electron chi connectivity index (χ3n) is 14.1. The van der Waals surface area contributed by atoms with Crippen molar-refractivity contribution < 1.29 is 35.5 Å². The lowest BCUT2D eigenvalue weighted by Crippen LogP contribution is -2.31. The number of fused-ring (bicyclic) bond motifs is 2. The summed E-state index contributed by atoms with van der Waals surface area (Å²) in [6.07, 6.45) is 6.13. The van der Waals surface area contributed by atoms with Gasteiger partial charge in [0.05, 0.1) is 70.1 Å². The second-order valence-electron chi connectivity index (χ2n) is 18.9. The molecule has 362 valence electrons. The molecule has 1 N–H and O–H groups in total. The van der Waals surface area contributed by atoms with E-state index in [1.807, 2.05) is 100 Å². The van der Waals surface area contributed by atoms with Crippen molar-refractivity contribution in [2.45, 2.75) is 97.3 Å². The maximum atomic E-state index is 13.1. The zero-order valence-corrected chi connectivity index (χ0v) is 41.4. The molecule has 4 saturated heterocycles. The van der Waals surface area contributed by atoms with Crippen molar-refractivity contribution in [3.05, 3.63) is 101 Å². The van der Waals surface area contributed by atoms with Gasteiger partial charge in [0.15, 0.2) is 0 Å². The smallest absolute Gasteiger partial charge is 0.227 e. The average Bonchev–Trinajstić information content (AvgIpc) is 4.16. The van der Waals surface area contributed by atoms with Crippen LogP contribution in [0.25, 0.3) is 44.3 Å². The van der Waals surface area contributed by atoms with Crippen LogP contribution in [-0.4, -0.2) is 105 Å². The summed E-state index contributed by atoms with van der Waals surface area (Å²) < 4.78 is 66.9. The van der Waals surface area contributed by atoms with Gasteiger partial charge >= 0.3 is 0 Å². The minimum Gasteiger partial charge on any atom is -0.361 e. The molecule has 0 saturated carbocycles. The van der Waals surface area contributed by atoms with E-state index in [9.17, 15) is 26.4 Å².